The molecule has 0 saturated heterocycles. The summed E-state index contributed by atoms with van der Waals surface area (Å²) >= 11 is 0. The maximum Gasteiger partial charge on any atom is 0.176 e. The Balaban J connectivity index is 0.000000195. The molecule has 0 amide bonds. The van der Waals surface area contributed by atoms with E-state index in [0.29, 0.717) is 0 Å². The Kier molecular flexibility index (Phi) is 11.0. The van der Waals surface area contributed by atoms with Crippen LogP contribution in [0, 0.1) is 0 Å². The Labute approximate surface area is 236 Å². The van der Waals surface area contributed by atoms with Crippen molar-refractivity contribution in [1.29, 1.82) is 0 Å². The van der Waals surface area contributed by atoms with Gasteiger partial charge in [-0.25, -0.2) is 24.9 Å². The summed E-state index contributed by atoms with van der Waals surface area (Å²) < 4.78 is 9.73. The monoisotopic (exact) mass is 691 g/mol. The summed E-state index contributed by atoms with van der Waals surface area (Å²) in [6.07, 6.45) is 20.1. The first-order chi connectivity index (χ1) is 17.5. The summed E-state index contributed by atoms with van der Waals surface area (Å²) in [5.41, 5.74) is 0.907. The minimum atomic E-state index is 0. The van der Waals surface area contributed by atoms with Crippen LogP contribution in [0.15, 0.2) is 86.4 Å². The van der Waals surface area contributed by atoms with Gasteiger partial charge in [0.2, 0.25) is 0 Å². The standard InChI is InChI=1S/C9H9N3.2C8H10N4.CH4.Os/c1-12-7-6-11-9(12)8-4-2-3-5-10-8;2*1-11-5-3-9-7(11)8-10-4-6-12(8)2;;/h2-7H,1H3;2*3-6H,1-2H3;1H4;. The molecule has 0 bridgehead atoms. The molecule has 12 heteroatoms. The molecule has 0 aromatic carbocycles. The van der Waals surface area contributed by atoms with E-state index >= 15 is 0 Å². The van der Waals surface area contributed by atoms with Gasteiger partial charge in [0.05, 0.1) is 0 Å². The summed E-state index contributed by atoms with van der Waals surface area (Å²) in [6, 6.07) is 5.80. The van der Waals surface area contributed by atoms with E-state index in [2.05, 4.69) is 29.9 Å². The third-order valence-corrected chi connectivity index (χ3v) is 5.40. The second-order valence-electron chi connectivity index (χ2n) is 8.02. The number of aryl methyl sites for hydroxylation is 5. The van der Waals surface area contributed by atoms with Crippen LogP contribution in [0.1, 0.15) is 7.43 Å². The maximum absolute atomic E-state index is 4.20. The van der Waals surface area contributed by atoms with Crippen molar-refractivity contribution in [3.05, 3.63) is 86.4 Å². The Bertz CT molecular complexity index is 1350. The maximum atomic E-state index is 4.20. The van der Waals surface area contributed by atoms with Gasteiger partial charge in [-0.3, -0.25) is 4.98 Å². The zero-order valence-corrected chi connectivity index (χ0v) is 23.9. The van der Waals surface area contributed by atoms with Gasteiger partial charge in [-0.2, -0.15) is 0 Å². The topological polar surface area (TPSA) is 102 Å². The van der Waals surface area contributed by atoms with Crippen molar-refractivity contribution < 1.29 is 19.8 Å². The zero-order valence-electron chi connectivity index (χ0n) is 21.4. The van der Waals surface area contributed by atoms with Crippen LogP contribution in [-0.4, -0.2) is 52.7 Å². The molecular formula is C26H33N11Os. The third kappa shape index (κ3) is 6.98. The van der Waals surface area contributed by atoms with Crippen molar-refractivity contribution >= 4 is 0 Å². The Morgan fingerprint density at radius 3 is 0.974 bits per heavy atom. The van der Waals surface area contributed by atoms with E-state index in [4.69, 9.17) is 0 Å². The molecule has 0 fully saturated rings. The number of hydrogen-bond acceptors (Lipinski definition) is 6. The molecule has 11 nitrogen and oxygen atoms in total. The molecule has 0 aliphatic carbocycles. The van der Waals surface area contributed by atoms with Crippen LogP contribution in [0.3, 0.4) is 0 Å². The molecular weight excluding hydrogens is 657 g/mol. The quantitative estimate of drug-likeness (QED) is 0.281. The van der Waals surface area contributed by atoms with Gasteiger partial charge >= 0.3 is 0 Å². The third-order valence-electron chi connectivity index (χ3n) is 5.40. The first-order valence-corrected chi connectivity index (χ1v) is 11.2. The zero-order chi connectivity index (χ0) is 25.5. The van der Waals surface area contributed by atoms with Crippen molar-refractivity contribution in [3.63, 3.8) is 0 Å². The number of nitrogens with zero attached hydrogens (tertiary/aromatic N) is 11. The summed E-state index contributed by atoms with van der Waals surface area (Å²) in [4.78, 5) is 25.2. The molecule has 200 valence electrons. The molecule has 6 heterocycles. The average Bonchev–Trinajstić information content (AvgIpc) is 3.70. The number of aromatic nitrogens is 11. The Morgan fingerprint density at radius 2 is 0.737 bits per heavy atom. The molecule has 0 atom stereocenters. The van der Waals surface area contributed by atoms with Crippen LogP contribution in [0.25, 0.3) is 34.8 Å². The fourth-order valence-corrected chi connectivity index (χ4v) is 3.43. The van der Waals surface area contributed by atoms with Crippen molar-refractivity contribution in [2.24, 2.45) is 35.2 Å². The van der Waals surface area contributed by atoms with Crippen molar-refractivity contribution in [3.8, 4) is 34.8 Å². The van der Waals surface area contributed by atoms with Gasteiger partial charge in [0.1, 0.15) is 5.69 Å². The van der Waals surface area contributed by atoms with E-state index in [1.807, 2.05) is 107 Å². The average molecular weight is 690 g/mol. The normalized spacial score (nSPS) is 9.82. The van der Waals surface area contributed by atoms with Crippen molar-refractivity contribution in [1.82, 2.24) is 52.7 Å². The molecule has 38 heavy (non-hydrogen) atoms. The van der Waals surface area contributed by atoms with Crippen LogP contribution in [-0.2, 0) is 55.0 Å². The van der Waals surface area contributed by atoms with Gasteiger partial charge < -0.3 is 22.8 Å². The minimum Gasteiger partial charge on any atom is -0.333 e. The van der Waals surface area contributed by atoms with Gasteiger partial charge in [0.15, 0.2) is 29.1 Å². The van der Waals surface area contributed by atoms with Crippen LogP contribution >= 0.6 is 0 Å². The second-order valence-corrected chi connectivity index (χ2v) is 8.02. The van der Waals surface area contributed by atoms with E-state index < -0.39 is 0 Å². The molecule has 6 rings (SSSR count). The predicted octanol–water partition coefficient (Wildman–Crippen LogP) is 3.76. The summed E-state index contributed by atoms with van der Waals surface area (Å²) in [5.74, 6) is 4.46. The number of pyridine rings is 1. The van der Waals surface area contributed by atoms with Gasteiger partial charge in [-0.1, -0.05) is 13.5 Å². The largest absolute Gasteiger partial charge is 0.333 e. The molecule has 6 aromatic heterocycles. The molecule has 0 unspecified atom stereocenters. The van der Waals surface area contributed by atoms with Crippen LogP contribution in [0.2, 0.25) is 0 Å². The second kappa shape index (κ2) is 14.0. The fourth-order valence-electron chi connectivity index (χ4n) is 3.43. The Hall–Kier alpha value is -4.16. The molecule has 6 aromatic rings. The van der Waals surface area contributed by atoms with E-state index in [-0.39, 0.29) is 27.2 Å². The van der Waals surface area contributed by atoms with Crippen molar-refractivity contribution in [2.75, 3.05) is 0 Å². The van der Waals surface area contributed by atoms with Crippen LogP contribution in [0.4, 0.5) is 0 Å². The van der Waals surface area contributed by atoms with Gasteiger partial charge in [-0.05, 0) is 12.1 Å². The van der Waals surface area contributed by atoms with Gasteiger partial charge in [0, 0.05) is 123 Å². The fraction of sp³-hybridized carbons (Fsp3) is 0.231. The summed E-state index contributed by atoms with van der Waals surface area (Å²) in [7, 11) is 9.78. The molecule has 0 spiro atoms. The van der Waals surface area contributed by atoms with E-state index in [1.54, 1.807) is 37.2 Å². The molecule has 0 aliphatic heterocycles. The molecule has 0 saturated carbocycles. The molecule has 0 radical (unpaired) electrons. The predicted molar refractivity (Wildman–Crippen MR) is 144 cm³/mol. The smallest absolute Gasteiger partial charge is 0.176 e. The van der Waals surface area contributed by atoms with Crippen LogP contribution < -0.4 is 0 Å². The first kappa shape index (κ1) is 30.1. The van der Waals surface area contributed by atoms with E-state index in [9.17, 15) is 0 Å². The Morgan fingerprint density at radius 1 is 0.421 bits per heavy atom. The summed E-state index contributed by atoms with van der Waals surface area (Å²) in [6.45, 7) is 0. The number of imidazole rings is 5. The molecule has 0 aliphatic rings. The van der Waals surface area contributed by atoms with E-state index in [0.717, 1.165) is 34.8 Å². The van der Waals surface area contributed by atoms with Gasteiger partial charge in [0.25, 0.3) is 0 Å². The van der Waals surface area contributed by atoms with E-state index in [1.165, 1.54) is 0 Å². The number of rotatable bonds is 3. The van der Waals surface area contributed by atoms with Gasteiger partial charge in [-0.15, -0.1) is 0 Å². The molecule has 0 N–H and O–H groups in total. The minimum absolute atomic E-state index is 0. The number of hydrogen-bond donors (Lipinski definition) is 0. The SMILES string of the molecule is C.Cn1ccnc1-c1ccccn1.Cn1ccnc1-c1nccn1C.Cn1ccnc1-c1nccn1C.[Os]. The summed E-state index contributed by atoms with van der Waals surface area (Å²) in [5, 5.41) is 0. The van der Waals surface area contributed by atoms with Crippen molar-refractivity contribution in [2.45, 2.75) is 7.43 Å². The van der Waals surface area contributed by atoms with Crippen LogP contribution in [0.5, 0.6) is 0 Å². The first-order valence-electron chi connectivity index (χ1n) is 11.2.